The fourth-order valence-corrected chi connectivity index (χ4v) is 4.90. The largest absolute Gasteiger partial charge is 0.323 e. The predicted molar refractivity (Wildman–Crippen MR) is 128 cm³/mol. The van der Waals surface area contributed by atoms with Gasteiger partial charge in [0.25, 0.3) is 0 Å². The smallest absolute Gasteiger partial charge is 0.110 e. The molecule has 1 aliphatic heterocycles. The molecule has 0 unspecified atom stereocenters. The Hall–Kier alpha value is -2.91. The van der Waals surface area contributed by atoms with Gasteiger partial charge in [-0.3, -0.25) is 4.90 Å². The third-order valence-corrected chi connectivity index (χ3v) is 6.58. The number of fused-ring (bicyclic) bond motifs is 1. The van der Waals surface area contributed by atoms with Gasteiger partial charge in [0.2, 0.25) is 0 Å². The molecule has 31 heavy (non-hydrogen) atoms. The second kappa shape index (κ2) is 9.07. The topological polar surface area (TPSA) is 21.1 Å². The molecular formula is C28H31N3. The zero-order chi connectivity index (χ0) is 21.0. The van der Waals surface area contributed by atoms with E-state index in [1.165, 1.54) is 54.0 Å². The summed E-state index contributed by atoms with van der Waals surface area (Å²) in [5.74, 6) is 1.95. The van der Waals surface area contributed by atoms with E-state index in [9.17, 15) is 0 Å². The summed E-state index contributed by atoms with van der Waals surface area (Å²) in [5.41, 5.74) is 6.48. The van der Waals surface area contributed by atoms with Crippen molar-refractivity contribution >= 4 is 11.0 Å². The third kappa shape index (κ3) is 4.72. The van der Waals surface area contributed by atoms with E-state index in [0.717, 1.165) is 25.0 Å². The number of hydrogen-bond acceptors (Lipinski definition) is 2. The summed E-state index contributed by atoms with van der Waals surface area (Å²) in [7, 11) is 0. The van der Waals surface area contributed by atoms with Crippen LogP contribution in [0, 0.1) is 12.8 Å². The van der Waals surface area contributed by atoms with E-state index in [-0.39, 0.29) is 0 Å². The Labute approximate surface area is 185 Å². The van der Waals surface area contributed by atoms with Crippen LogP contribution in [0.15, 0.2) is 78.9 Å². The molecule has 0 radical (unpaired) electrons. The highest BCUT2D eigenvalue weighted by Gasteiger charge is 2.22. The van der Waals surface area contributed by atoms with Crippen molar-refractivity contribution in [2.45, 2.75) is 39.3 Å². The van der Waals surface area contributed by atoms with Crippen molar-refractivity contribution in [3.63, 3.8) is 0 Å². The number of aryl methyl sites for hydroxylation is 1. The zero-order valence-electron chi connectivity index (χ0n) is 18.4. The molecule has 0 atom stereocenters. The zero-order valence-corrected chi connectivity index (χ0v) is 18.4. The first kappa shape index (κ1) is 20.0. The number of hydrogen-bond donors (Lipinski definition) is 0. The van der Waals surface area contributed by atoms with Crippen molar-refractivity contribution in [1.82, 2.24) is 14.5 Å². The van der Waals surface area contributed by atoms with Crippen LogP contribution in [-0.4, -0.2) is 27.5 Å². The summed E-state index contributed by atoms with van der Waals surface area (Å²) >= 11 is 0. The number of rotatable bonds is 6. The van der Waals surface area contributed by atoms with Crippen LogP contribution in [-0.2, 0) is 19.5 Å². The number of piperidine rings is 1. The molecule has 0 saturated carbocycles. The molecule has 0 N–H and O–H groups in total. The summed E-state index contributed by atoms with van der Waals surface area (Å²) in [6.45, 7) is 6.50. The quantitative estimate of drug-likeness (QED) is 0.398. The minimum Gasteiger partial charge on any atom is -0.323 e. The molecule has 0 aliphatic carbocycles. The fraction of sp³-hybridized carbons (Fsp3) is 0.321. The molecule has 0 amide bonds. The van der Waals surface area contributed by atoms with Crippen molar-refractivity contribution in [3.05, 3.63) is 101 Å². The van der Waals surface area contributed by atoms with E-state index in [4.69, 9.17) is 4.98 Å². The van der Waals surface area contributed by atoms with Gasteiger partial charge in [0.05, 0.1) is 11.0 Å². The monoisotopic (exact) mass is 409 g/mol. The maximum Gasteiger partial charge on any atom is 0.110 e. The van der Waals surface area contributed by atoms with Gasteiger partial charge in [-0.2, -0.15) is 0 Å². The van der Waals surface area contributed by atoms with Crippen molar-refractivity contribution in [2.24, 2.45) is 5.92 Å². The maximum atomic E-state index is 5.05. The number of aromatic nitrogens is 2. The highest BCUT2D eigenvalue weighted by Crippen LogP contribution is 2.26. The lowest BCUT2D eigenvalue weighted by Gasteiger charge is -2.32. The molecule has 2 heterocycles. The van der Waals surface area contributed by atoms with Crippen molar-refractivity contribution < 1.29 is 0 Å². The van der Waals surface area contributed by atoms with Gasteiger partial charge in [0.1, 0.15) is 5.82 Å². The Kier molecular flexibility index (Phi) is 5.86. The summed E-state index contributed by atoms with van der Waals surface area (Å²) < 4.78 is 2.43. The third-order valence-electron chi connectivity index (χ3n) is 6.58. The van der Waals surface area contributed by atoms with E-state index in [1.54, 1.807) is 0 Å². The lowest BCUT2D eigenvalue weighted by Crippen LogP contribution is -2.34. The van der Waals surface area contributed by atoms with E-state index in [0.29, 0.717) is 5.92 Å². The Balaban J connectivity index is 1.28. The van der Waals surface area contributed by atoms with E-state index >= 15 is 0 Å². The summed E-state index contributed by atoms with van der Waals surface area (Å²) in [6, 6.07) is 28.2. The standard InChI is InChI=1S/C28H31N3/c1-22-8-7-11-25(18-22)20-30-16-14-23(15-17-30)19-28-29-26-12-5-6-13-27(26)31(28)21-24-9-3-2-4-10-24/h2-13,18,23H,14-17,19-21H2,1H3. The second-order valence-electron chi connectivity index (χ2n) is 9.00. The molecule has 0 spiro atoms. The Morgan fingerprint density at radius 3 is 2.35 bits per heavy atom. The van der Waals surface area contributed by atoms with Gasteiger partial charge < -0.3 is 4.57 Å². The number of nitrogens with zero attached hydrogens (tertiary/aromatic N) is 3. The molecule has 1 aliphatic rings. The van der Waals surface area contributed by atoms with Crippen LogP contribution in [0.3, 0.4) is 0 Å². The minimum atomic E-state index is 0.708. The van der Waals surface area contributed by atoms with Crippen LogP contribution < -0.4 is 0 Å². The number of benzene rings is 3. The van der Waals surface area contributed by atoms with E-state index in [2.05, 4.69) is 95.3 Å². The Morgan fingerprint density at radius 1 is 0.806 bits per heavy atom. The van der Waals surface area contributed by atoms with Gasteiger partial charge in [-0.1, -0.05) is 72.3 Å². The first-order valence-electron chi connectivity index (χ1n) is 11.5. The van der Waals surface area contributed by atoms with Crippen molar-refractivity contribution in [1.29, 1.82) is 0 Å². The van der Waals surface area contributed by atoms with Crippen LogP contribution in [0.25, 0.3) is 11.0 Å². The number of likely N-dealkylation sites (tertiary alicyclic amines) is 1. The van der Waals surface area contributed by atoms with Gasteiger partial charge in [0, 0.05) is 19.5 Å². The molecule has 4 aromatic rings. The van der Waals surface area contributed by atoms with Gasteiger partial charge in [-0.15, -0.1) is 0 Å². The summed E-state index contributed by atoms with van der Waals surface area (Å²) in [4.78, 5) is 7.66. The lowest BCUT2D eigenvalue weighted by molar-refractivity contribution is 0.175. The molecule has 5 rings (SSSR count). The average Bonchev–Trinajstić information content (AvgIpc) is 3.13. The first-order valence-corrected chi connectivity index (χ1v) is 11.5. The van der Waals surface area contributed by atoms with Gasteiger partial charge in [-0.05, 0) is 62.0 Å². The van der Waals surface area contributed by atoms with Gasteiger partial charge >= 0.3 is 0 Å². The van der Waals surface area contributed by atoms with Crippen LogP contribution in [0.5, 0.6) is 0 Å². The number of para-hydroxylation sites is 2. The van der Waals surface area contributed by atoms with Crippen molar-refractivity contribution in [2.75, 3.05) is 13.1 Å². The fourth-order valence-electron chi connectivity index (χ4n) is 4.90. The van der Waals surface area contributed by atoms with Gasteiger partial charge in [-0.25, -0.2) is 4.98 Å². The molecule has 0 bridgehead atoms. The molecular weight excluding hydrogens is 378 g/mol. The van der Waals surface area contributed by atoms with Crippen molar-refractivity contribution in [3.8, 4) is 0 Å². The molecule has 3 nitrogen and oxygen atoms in total. The Bertz CT molecular complexity index is 1140. The lowest BCUT2D eigenvalue weighted by atomic mass is 9.93. The molecule has 1 aromatic heterocycles. The molecule has 158 valence electrons. The van der Waals surface area contributed by atoms with E-state index < -0.39 is 0 Å². The van der Waals surface area contributed by atoms with E-state index in [1.807, 2.05) is 0 Å². The van der Waals surface area contributed by atoms with Crippen LogP contribution in [0.2, 0.25) is 0 Å². The minimum absolute atomic E-state index is 0.708. The van der Waals surface area contributed by atoms with Crippen LogP contribution in [0.4, 0.5) is 0 Å². The Morgan fingerprint density at radius 2 is 1.55 bits per heavy atom. The highest BCUT2D eigenvalue weighted by molar-refractivity contribution is 5.76. The molecule has 3 aromatic carbocycles. The highest BCUT2D eigenvalue weighted by atomic mass is 15.1. The normalized spacial score (nSPS) is 15.5. The van der Waals surface area contributed by atoms with Crippen LogP contribution >= 0.6 is 0 Å². The van der Waals surface area contributed by atoms with Gasteiger partial charge in [0.15, 0.2) is 0 Å². The summed E-state index contributed by atoms with van der Waals surface area (Å²) in [5, 5.41) is 0. The average molecular weight is 410 g/mol. The first-order chi connectivity index (χ1) is 15.2. The van der Waals surface area contributed by atoms with Crippen LogP contribution in [0.1, 0.15) is 35.4 Å². The molecule has 1 saturated heterocycles. The SMILES string of the molecule is Cc1cccc(CN2CCC(Cc3nc4ccccc4n3Cc3ccccc3)CC2)c1. The maximum absolute atomic E-state index is 5.05. The molecule has 3 heteroatoms. The second-order valence-corrected chi connectivity index (χ2v) is 9.00. The summed E-state index contributed by atoms with van der Waals surface area (Å²) in [6.07, 6.45) is 3.57. The predicted octanol–water partition coefficient (Wildman–Crippen LogP) is 5.85. The molecule has 1 fully saturated rings. The number of imidazole rings is 1.